The number of nitrogens with two attached hydrogens (primary N) is 1. The van der Waals surface area contributed by atoms with Crippen molar-refractivity contribution < 1.29 is 4.39 Å². The first-order valence-electron chi connectivity index (χ1n) is 5.37. The number of nitrogen functional groups attached to an aromatic ring is 1. The maximum atomic E-state index is 13.6. The molecule has 1 aromatic heterocycles. The fourth-order valence-corrected chi connectivity index (χ4v) is 1.71. The number of benzene rings is 1. The van der Waals surface area contributed by atoms with Crippen LogP contribution in [-0.2, 0) is 0 Å². The van der Waals surface area contributed by atoms with E-state index in [0.717, 1.165) is 4.68 Å². The smallest absolute Gasteiger partial charge is 0.294 e. The number of H-pyrrole nitrogens is 1. The Hall–Kier alpha value is -2.04. The van der Waals surface area contributed by atoms with Crippen molar-refractivity contribution in [3.05, 3.63) is 46.1 Å². The van der Waals surface area contributed by atoms with Crippen LogP contribution in [-0.4, -0.2) is 9.78 Å². The second-order valence-corrected chi connectivity index (χ2v) is 4.19. The van der Waals surface area contributed by atoms with Gasteiger partial charge in [-0.25, -0.2) is 9.07 Å². The van der Waals surface area contributed by atoms with E-state index < -0.39 is 11.4 Å². The molecule has 0 saturated carbocycles. The molecule has 1 heterocycles. The number of nitrogens with zero attached hydrogens (tertiary/aromatic N) is 1. The zero-order chi connectivity index (χ0) is 12.6. The lowest BCUT2D eigenvalue weighted by Crippen LogP contribution is -2.17. The summed E-state index contributed by atoms with van der Waals surface area (Å²) in [6.07, 6.45) is 0. The van der Waals surface area contributed by atoms with E-state index in [1.165, 1.54) is 12.1 Å². The molecule has 0 unspecified atom stereocenters. The molecule has 2 rings (SSSR count). The zero-order valence-corrected chi connectivity index (χ0v) is 9.70. The van der Waals surface area contributed by atoms with Gasteiger partial charge in [-0.15, -0.1) is 0 Å². The largest absolute Gasteiger partial charge is 0.393 e. The molecule has 4 nitrogen and oxygen atoms in total. The number of aromatic nitrogens is 2. The third kappa shape index (κ3) is 1.84. The summed E-state index contributed by atoms with van der Waals surface area (Å²) >= 11 is 0. The standard InChI is InChI=1S/C12H14FN3O/c1-7(2)11-10(14)12(17)16(15-11)9-6-4-3-5-8(9)13/h3-7,15H,14H2,1-2H3. The van der Waals surface area contributed by atoms with E-state index in [9.17, 15) is 9.18 Å². The molecule has 0 aliphatic carbocycles. The third-order valence-corrected chi connectivity index (χ3v) is 2.63. The minimum absolute atomic E-state index is 0.0794. The van der Waals surface area contributed by atoms with Crippen molar-refractivity contribution in [3.8, 4) is 5.69 Å². The van der Waals surface area contributed by atoms with Crippen LogP contribution >= 0.6 is 0 Å². The van der Waals surface area contributed by atoms with Crippen LogP contribution in [0.15, 0.2) is 29.1 Å². The number of nitrogens with one attached hydrogen (secondary N) is 1. The highest BCUT2D eigenvalue weighted by Gasteiger charge is 2.16. The predicted molar refractivity (Wildman–Crippen MR) is 64.8 cm³/mol. The Labute approximate surface area is 97.9 Å². The van der Waals surface area contributed by atoms with Crippen LogP contribution in [0.2, 0.25) is 0 Å². The molecule has 17 heavy (non-hydrogen) atoms. The van der Waals surface area contributed by atoms with Crippen molar-refractivity contribution in [2.45, 2.75) is 19.8 Å². The van der Waals surface area contributed by atoms with E-state index in [1.807, 2.05) is 13.8 Å². The molecule has 0 bridgehead atoms. The molecule has 0 aliphatic rings. The van der Waals surface area contributed by atoms with Gasteiger partial charge in [0.05, 0.1) is 5.69 Å². The molecule has 0 fully saturated rings. The van der Waals surface area contributed by atoms with Crippen LogP contribution in [0, 0.1) is 5.82 Å². The summed E-state index contributed by atoms with van der Waals surface area (Å²) in [6.45, 7) is 3.82. The van der Waals surface area contributed by atoms with Gasteiger partial charge in [0.25, 0.3) is 5.56 Å². The van der Waals surface area contributed by atoms with Gasteiger partial charge in [-0.2, -0.15) is 0 Å². The summed E-state index contributed by atoms with van der Waals surface area (Å²) in [5, 5.41) is 2.85. The molecule has 0 spiro atoms. The summed E-state index contributed by atoms with van der Waals surface area (Å²) < 4.78 is 14.7. The molecular weight excluding hydrogens is 221 g/mol. The molecule has 3 N–H and O–H groups in total. The normalized spacial score (nSPS) is 11.1. The van der Waals surface area contributed by atoms with Crippen molar-refractivity contribution >= 4 is 5.69 Å². The fourth-order valence-electron chi connectivity index (χ4n) is 1.71. The van der Waals surface area contributed by atoms with E-state index in [4.69, 9.17) is 5.73 Å². The zero-order valence-electron chi connectivity index (χ0n) is 9.70. The van der Waals surface area contributed by atoms with Crippen LogP contribution in [0.25, 0.3) is 5.69 Å². The lowest BCUT2D eigenvalue weighted by Gasteiger charge is -2.04. The van der Waals surface area contributed by atoms with Gasteiger partial charge >= 0.3 is 0 Å². The molecule has 90 valence electrons. The van der Waals surface area contributed by atoms with E-state index >= 15 is 0 Å². The highest BCUT2D eigenvalue weighted by atomic mass is 19.1. The molecule has 0 radical (unpaired) electrons. The maximum absolute atomic E-state index is 13.6. The Kier molecular flexibility index (Phi) is 2.75. The number of halogens is 1. The number of aromatic amines is 1. The average molecular weight is 235 g/mol. The molecule has 0 atom stereocenters. The van der Waals surface area contributed by atoms with E-state index in [2.05, 4.69) is 5.10 Å². The highest BCUT2D eigenvalue weighted by Crippen LogP contribution is 2.18. The van der Waals surface area contributed by atoms with Crippen LogP contribution < -0.4 is 11.3 Å². The Morgan fingerprint density at radius 1 is 1.35 bits per heavy atom. The second-order valence-electron chi connectivity index (χ2n) is 4.19. The minimum Gasteiger partial charge on any atom is -0.393 e. The van der Waals surface area contributed by atoms with Crippen LogP contribution in [0.5, 0.6) is 0 Å². The van der Waals surface area contributed by atoms with Crippen molar-refractivity contribution in [2.24, 2.45) is 0 Å². The Morgan fingerprint density at radius 3 is 2.53 bits per heavy atom. The predicted octanol–water partition coefficient (Wildman–Crippen LogP) is 2.01. The van der Waals surface area contributed by atoms with Crippen molar-refractivity contribution in [3.63, 3.8) is 0 Å². The minimum atomic E-state index is -0.467. The average Bonchev–Trinajstić information content (AvgIpc) is 2.57. The van der Waals surface area contributed by atoms with Gasteiger partial charge in [0.15, 0.2) is 0 Å². The van der Waals surface area contributed by atoms with Gasteiger partial charge in [-0.3, -0.25) is 9.89 Å². The quantitative estimate of drug-likeness (QED) is 0.836. The Bertz CT molecular complexity index is 598. The van der Waals surface area contributed by atoms with Gasteiger partial charge in [0.1, 0.15) is 17.2 Å². The van der Waals surface area contributed by atoms with Gasteiger partial charge < -0.3 is 5.73 Å². The number of hydrogen-bond donors (Lipinski definition) is 2. The lowest BCUT2D eigenvalue weighted by atomic mass is 10.1. The molecular formula is C12H14FN3O. The first-order chi connectivity index (χ1) is 8.02. The monoisotopic (exact) mass is 235 g/mol. The molecule has 5 heteroatoms. The fraction of sp³-hybridized carbons (Fsp3) is 0.250. The Morgan fingerprint density at radius 2 is 2.00 bits per heavy atom. The first kappa shape index (κ1) is 11.4. The number of para-hydroxylation sites is 1. The molecule has 0 aliphatic heterocycles. The van der Waals surface area contributed by atoms with Gasteiger partial charge in [0, 0.05) is 0 Å². The van der Waals surface area contributed by atoms with Gasteiger partial charge in [-0.1, -0.05) is 26.0 Å². The maximum Gasteiger partial charge on any atom is 0.294 e. The molecule has 2 aromatic rings. The van der Waals surface area contributed by atoms with Crippen molar-refractivity contribution in [1.82, 2.24) is 9.78 Å². The Balaban J connectivity index is 2.66. The third-order valence-electron chi connectivity index (χ3n) is 2.63. The van der Waals surface area contributed by atoms with Crippen LogP contribution in [0.3, 0.4) is 0 Å². The summed E-state index contributed by atoms with van der Waals surface area (Å²) in [4.78, 5) is 11.9. The summed E-state index contributed by atoms with van der Waals surface area (Å²) in [7, 11) is 0. The van der Waals surface area contributed by atoms with E-state index in [-0.39, 0.29) is 17.3 Å². The van der Waals surface area contributed by atoms with Crippen LogP contribution in [0.4, 0.5) is 10.1 Å². The van der Waals surface area contributed by atoms with Crippen molar-refractivity contribution in [1.29, 1.82) is 0 Å². The van der Waals surface area contributed by atoms with E-state index in [1.54, 1.807) is 12.1 Å². The number of hydrogen-bond acceptors (Lipinski definition) is 2. The van der Waals surface area contributed by atoms with E-state index in [0.29, 0.717) is 5.69 Å². The van der Waals surface area contributed by atoms with Gasteiger partial charge in [-0.05, 0) is 18.1 Å². The summed E-state index contributed by atoms with van der Waals surface area (Å²) in [5.41, 5.74) is 6.23. The highest BCUT2D eigenvalue weighted by molar-refractivity contribution is 5.46. The second kappa shape index (κ2) is 4.08. The number of anilines is 1. The number of rotatable bonds is 2. The topological polar surface area (TPSA) is 63.8 Å². The SMILES string of the molecule is CC(C)c1[nH]n(-c2ccccc2F)c(=O)c1N. The molecule has 0 amide bonds. The first-order valence-corrected chi connectivity index (χ1v) is 5.37. The van der Waals surface area contributed by atoms with Crippen LogP contribution in [0.1, 0.15) is 25.5 Å². The van der Waals surface area contributed by atoms with Gasteiger partial charge in [0.2, 0.25) is 0 Å². The molecule has 1 aromatic carbocycles. The lowest BCUT2D eigenvalue weighted by molar-refractivity contribution is 0.606. The van der Waals surface area contributed by atoms with Crippen molar-refractivity contribution in [2.75, 3.05) is 5.73 Å². The summed E-state index contributed by atoms with van der Waals surface area (Å²) in [6, 6.07) is 6.06. The summed E-state index contributed by atoms with van der Waals surface area (Å²) in [5.74, 6) is -0.387. The molecule has 0 saturated heterocycles.